The number of esters is 5. The number of alkyl carbamates (subject to hydrolysis) is 1. The second-order valence-electron chi connectivity index (χ2n) is 16.2. The van der Waals surface area contributed by atoms with Crippen molar-refractivity contribution in [3.05, 3.63) is 96.1 Å². The number of aliphatic hydroxyl groups excluding tert-OH is 1. The van der Waals surface area contributed by atoms with Gasteiger partial charge in [0.2, 0.25) is 10.1 Å². The van der Waals surface area contributed by atoms with E-state index in [1.165, 1.54) is 7.11 Å². The number of carbonyl (C=O) groups excluding carboxylic acids is 6. The van der Waals surface area contributed by atoms with Gasteiger partial charge in [0.05, 0.1) is 46.5 Å². The van der Waals surface area contributed by atoms with Crippen LogP contribution < -0.4 is 14.8 Å². The molecule has 2 aliphatic rings. The Bertz CT molecular complexity index is 2260. The molecule has 0 aliphatic carbocycles. The van der Waals surface area contributed by atoms with E-state index in [9.17, 15) is 33.9 Å². The quantitative estimate of drug-likeness (QED) is 0.0776. The summed E-state index contributed by atoms with van der Waals surface area (Å²) in [6, 6.07) is 22.6. The van der Waals surface area contributed by atoms with Gasteiger partial charge in [0, 0.05) is 27.7 Å². The van der Waals surface area contributed by atoms with Gasteiger partial charge in [-0.25, -0.2) is 9.59 Å². The van der Waals surface area contributed by atoms with Crippen molar-refractivity contribution in [1.29, 1.82) is 0 Å². The van der Waals surface area contributed by atoms with Crippen LogP contribution in [0.5, 0.6) is 11.5 Å². The molecule has 3 aromatic carbocycles. The Labute approximate surface area is 429 Å². The van der Waals surface area contributed by atoms with Crippen LogP contribution in [0.2, 0.25) is 0 Å². The molecule has 24 heteroatoms. The standard InChI is InChI=1S/C48H56Cl3NO20/c1-27(53)63-25-37(67-29(3)55)40(68-30(4)56)41-38(52-46(59)65-26-48(49,50)51)35(66-28(2)54)21-47(71-41,45(58)61-6)72-42-39(57)36(24-62-22-31-13-9-7-10-14-31)70-44(69-34-19-17-33(60-5)18-20-34)43(42)64-23-32-15-11-8-12-16-32/h7-20,35-44,57H,21-26H2,1-6H3,(H,52,59)/t35-,36+,37+,38+,39-,40+,41+,42-,43+,44+,47-/m0/s1. The molecule has 0 spiro atoms. The van der Waals surface area contributed by atoms with Crippen molar-refractivity contribution in [2.75, 3.05) is 34.0 Å². The minimum absolute atomic E-state index is 0.0741. The first-order chi connectivity index (χ1) is 34.2. The summed E-state index contributed by atoms with van der Waals surface area (Å²) in [6.45, 7) is 2.02. The molecule has 0 aromatic heterocycles. The molecule has 3 aromatic rings. The van der Waals surface area contributed by atoms with Crippen LogP contribution in [0.4, 0.5) is 4.79 Å². The van der Waals surface area contributed by atoms with Gasteiger partial charge < -0.3 is 72.0 Å². The van der Waals surface area contributed by atoms with Crippen LogP contribution in [0.1, 0.15) is 45.2 Å². The zero-order valence-electron chi connectivity index (χ0n) is 39.9. The molecule has 0 bridgehead atoms. The number of ether oxygens (including phenoxy) is 13. The Morgan fingerprint density at radius 1 is 0.778 bits per heavy atom. The monoisotopic (exact) mass is 1070 g/mol. The zero-order chi connectivity index (χ0) is 52.6. The summed E-state index contributed by atoms with van der Waals surface area (Å²) in [6.07, 6.45) is -17.6. The molecule has 0 radical (unpaired) electrons. The summed E-state index contributed by atoms with van der Waals surface area (Å²) in [5, 5.41) is 14.9. The molecule has 0 saturated carbocycles. The van der Waals surface area contributed by atoms with Crippen LogP contribution in [0.25, 0.3) is 0 Å². The summed E-state index contributed by atoms with van der Waals surface area (Å²) >= 11 is 17.6. The van der Waals surface area contributed by atoms with E-state index in [1.54, 1.807) is 54.6 Å². The highest BCUT2D eigenvalue weighted by Gasteiger charge is 2.62. The first-order valence-electron chi connectivity index (χ1n) is 22.2. The predicted octanol–water partition coefficient (Wildman–Crippen LogP) is 4.83. The summed E-state index contributed by atoms with van der Waals surface area (Å²) in [5.41, 5.74) is 1.44. The van der Waals surface area contributed by atoms with Crippen molar-refractivity contribution < 1.29 is 95.5 Å². The van der Waals surface area contributed by atoms with Gasteiger partial charge in [0.1, 0.15) is 61.3 Å². The summed E-state index contributed by atoms with van der Waals surface area (Å²) in [7, 11) is 2.45. The maximum atomic E-state index is 14.7. The molecule has 2 heterocycles. The van der Waals surface area contributed by atoms with Crippen LogP contribution in [0.15, 0.2) is 84.9 Å². The first kappa shape index (κ1) is 57.4. The SMILES string of the molecule is COC(=O)[C@@]1(O[C@H]2[C@@H](O)[C@@H](COCc3ccccc3)O[C@@H](Oc3ccc(OC)cc3)[C@@H]2OCc2ccccc2)C[C@H](OC(C)=O)[C@@H](NC(=O)OCC(Cl)(Cl)Cl)[C@H]([C@H](OC(C)=O)[C@@H](COC(C)=O)OC(C)=O)O1. The minimum atomic E-state index is -2.88. The van der Waals surface area contributed by atoms with Crippen LogP contribution >= 0.6 is 34.8 Å². The lowest BCUT2D eigenvalue weighted by atomic mass is 9.87. The fourth-order valence-corrected chi connectivity index (χ4v) is 7.85. The number of halogens is 3. The van der Waals surface area contributed by atoms with E-state index in [1.807, 2.05) is 30.3 Å². The van der Waals surface area contributed by atoms with E-state index >= 15 is 0 Å². The third-order valence-corrected chi connectivity index (χ3v) is 11.0. The Kier molecular flexibility index (Phi) is 21.5. The van der Waals surface area contributed by atoms with Crippen molar-refractivity contribution >= 4 is 70.7 Å². The average molecular weight is 1070 g/mol. The number of benzene rings is 3. The van der Waals surface area contributed by atoms with E-state index in [0.717, 1.165) is 40.4 Å². The van der Waals surface area contributed by atoms with Crippen molar-refractivity contribution in [3.8, 4) is 11.5 Å². The van der Waals surface area contributed by atoms with E-state index in [2.05, 4.69) is 5.32 Å². The second kappa shape index (κ2) is 27.0. The van der Waals surface area contributed by atoms with Crippen LogP contribution in [-0.2, 0) is 89.3 Å². The summed E-state index contributed by atoms with van der Waals surface area (Å²) in [5.74, 6) is -7.35. The van der Waals surface area contributed by atoms with Crippen molar-refractivity contribution in [2.45, 2.75) is 118 Å². The molecular weight excluding hydrogens is 1020 g/mol. The van der Waals surface area contributed by atoms with Gasteiger partial charge >= 0.3 is 35.9 Å². The van der Waals surface area contributed by atoms with Gasteiger partial charge in [0.15, 0.2) is 12.2 Å². The van der Waals surface area contributed by atoms with E-state index in [0.29, 0.717) is 11.3 Å². The van der Waals surface area contributed by atoms with Crippen molar-refractivity contribution in [2.24, 2.45) is 0 Å². The van der Waals surface area contributed by atoms with Gasteiger partial charge in [-0.05, 0) is 35.4 Å². The molecule has 72 heavy (non-hydrogen) atoms. The van der Waals surface area contributed by atoms with E-state index in [4.69, 9.17) is 96.4 Å². The number of hydrogen-bond acceptors (Lipinski definition) is 20. The molecular formula is C48H56Cl3NO20. The third kappa shape index (κ3) is 17.1. The second-order valence-corrected chi connectivity index (χ2v) is 18.8. The van der Waals surface area contributed by atoms with Gasteiger partial charge in [0.25, 0.3) is 5.79 Å². The Hall–Kier alpha value is -5.49. The van der Waals surface area contributed by atoms with Crippen molar-refractivity contribution in [3.63, 3.8) is 0 Å². The number of hydrogen-bond donors (Lipinski definition) is 2. The number of carbonyl (C=O) groups is 6. The van der Waals surface area contributed by atoms with Gasteiger partial charge in [-0.2, -0.15) is 0 Å². The summed E-state index contributed by atoms with van der Waals surface area (Å²) < 4.78 is 74.6. The fraction of sp³-hybridized carbons (Fsp3) is 0.500. The average Bonchev–Trinajstić information content (AvgIpc) is 3.33. The Morgan fingerprint density at radius 3 is 1.94 bits per heavy atom. The molecule has 2 saturated heterocycles. The normalized spacial score (nSPS) is 24.8. The highest BCUT2D eigenvalue weighted by Crippen LogP contribution is 2.41. The largest absolute Gasteiger partial charge is 0.497 e. The lowest BCUT2D eigenvalue weighted by Gasteiger charge is -2.51. The fourth-order valence-electron chi connectivity index (χ4n) is 7.69. The molecule has 2 N–H and O–H groups in total. The van der Waals surface area contributed by atoms with Crippen LogP contribution in [0, 0.1) is 0 Å². The number of methoxy groups -OCH3 is 2. The Balaban J connectivity index is 1.70. The highest BCUT2D eigenvalue weighted by molar-refractivity contribution is 6.67. The van der Waals surface area contributed by atoms with Crippen LogP contribution in [0.3, 0.4) is 0 Å². The third-order valence-electron chi connectivity index (χ3n) is 10.7. The minimum Gasteiger partial charge on any atom is -0.497 e. The van der Waals surface area contributed by atoms with E-state index in [-0.39, 0.29) is 25.6 Å². The number of aliphatic hydroxyl groups is 1. The summed E-state index contributed by atoms with van der Waals surface area (Å²) in [4.78, 5) is 79.1. The lowest BCUT2D eigenvalue weighted by Crippen LogP contribution is -2.71. The number of alkyl halides is 3. The molecule has 21 nitrogen and oxygen atoms in total. The van der Waals surface area contributed by atoms with Gasteiger partial charge in [-0.3, -0.25) is 19.2 Å². The van der Waals surface area contributed by atoms with E-state index < -0.39 is 126 Å². The number of amides is 1. The molecule has 1 amide bonds. The molecule has 2 aliphatic heterocycles. The maximum Gasteiger partial charge on any atom is 0.407 e. The van der Waals surface area contributed by atoms with Crippen LogP contribution in [-0.4, -0.2) is 146 Å². The lowest BCUT2D eigenvalue weighted by molar-refractivity contribution is -0.369. The number of rotatable bonds is 22. The zero-order valence-corrected chi connectivity index (χ0v) is 42.2. The topological polar surface area (TPSA) is 255 Å². The maximum absolute atomic E-state index is 14.7. The predicted molar refractivity (Wildman–Crippen MR) is 250 cm³/mol. The molecule has 2 fully saturated rings. The molecule has 0 unspecified atom stereocenters. The van der Waals surface area contributed by atoms with Gasteiger partial charge in [-0.15, -0.1) is 0 Å². The Morgan fingerprint density at radius 2 is 1.39 bits per heavy atom. The van der Waals surface area contributed by atoms with Crippen molar-refractivity contribution in [1.82, 2.24) is 5.32 Å². The first-order valence-corrected chi connectivity index (χ1v) is 23.3. The molecule has 394 valence electrons. The molecule has 5 rings (SSSR count). The van der Waals surface area contributed by atoms with Gasteiger partial charge in [-0.1, -0.05) is 95.5 Å². The molecule has 11 atom stereocenters. The smallest absolute Gasteiger partial charge is 0.407 e. The number of nitrogens with one attached hydrogen (secondary N) is 1. The highest BCUT2D eigenvalue weighted by atomic mass is 35.6.